The van der Waals surface area contributed by atoms with Gasteiger partial charge in [0.1, 0.15) is 6.61 Å². The Hall–Kier alpha value is -2.20. The van der Waals surface area contributed by atoms with E-state index in [1.807, 2.05) is 31.2 Å². The average molecular weight is 321 g/mol. The molecule has 116 valence electrons. The van der Waals surface area contributed by atoms with Crippen LogP contribution in [-0.2, 0) is 11.3 Å². The van der Waals surface area contributed by atoms with E-state index in [1.165, 1.54) is 7.11 Å². The molecule has 5 heteroatoms. The van der Waals surface area contributed by atoms with E-state index in [1.54, 1.807) is 18.2 Å². The fourth-order valence-corrected chi connectivity index (χ4v) is 2.14. The van der Waals surface area contributed by atoms with Crippen molar-refractivity contribution in [3.63, 3.8) is 0 Å². The highest BCUT2D eigenvalue weighted by Crippen LogP contribution is 2.29. The lowest BCUT2D eigenvalue weighted by atomic mass is 10.2. The third-order valence-corrected chi connectivity index (χ3v) is 3.18. The normalized spacial score (nSPS) is 10.1. The van der Waals surface area contributed by atoms with Crippen LogP contribution in [0.4, 0.5) is 0 Å². The largest absolute Gasteiger partial charge is 0.490 e. The number of carbonyl (C=O) groups is 1. The summed E-state index contributed by atoms with van der Waals surface area (Å²) in [5, 5.41) is 0.659. The molecule has 0 unspecified atom stereocenters. The molecule has 0 aliphatic heterocycles. The molecule has 4 nitrogen and oxygen atoms in total. The topological polar surface area (TPSA) is 44.8 Å². The quantitative estimate of drug-likeness (QED) is 0.752. The fourth-order valence-electron chi connectivity index (χ4n) is 1.93. The van der Waals surface area contributed by atoms with Crippen molar-refractivity contribution in [2.75, 3.05) is 13.7 Å². The molecule has 0 saturated heterocycles. The predicted molar refractivity (Wildman–Crippen MR) is 84.7 cm³/mol. The summed E-state index contributed by atoms with van der Waals surface area (Å²) in [5.41, 5.74) is 1.37. The molecule has 0 fully saturated rings. The molecule has 0 aromatic heterocycles. The van der Waals surface area contributed by atoms with Crippen LogP contribution in [-0.4, -0.2) is 19.7 Å². The number of halogens is 1. The lowest BCUT2D eigenvalue weighted by Gasteiger charge is -2.13. The minimum Gasteiger partial charge on any atom is -0.490 e. The van der Waals surface area contributed by atoms with Gasteiger partial charge in [0.2, 0.25) is 0 Å². The molecular weight excluding hydrogens is 304 g/mol. The Morgan fingerprint density at radius 3 is 2.59 bits per heavy atom. The van der Waals surface area contributed by atoms with Crippen molar-refractivity contribution in [2.45, 2.75) is 13.5 Å². The Kier molecular flexibility index (Phi) is 5.67. The van der Waals surface area contributed by atoms with Crippen molar-refractivity contribution in [3.8, 4) is 11.5 Å². The van der Waals surface area contributed by atoms with E-state index in [-0.39, 0.29) is 0 Å². The lowest BCUT2D eigenvalue weighted by Crippen LogP contribution is -2.04. The third kappa shape index (κ3) is 4.15. The van der Waals surface area contributed by atoms with Gasteiger partial charge in [0.25, 0.3) is 0 Å². The summed E-state index contributed by atoms with van der Waals surface area (Å²) in [6.45, 7) is 2.70. The highest BCUT2D eigenvalue weighted by molar-refractivity contribution is 6.30. The van der Waals surface area contributed by atoms with Crippen LogP contribution in [0.3, 0.4) is 0 Å². The van der Waals surface area contributed by atoms with Crippen molar-refractivity contribution < 1.29 is 19.0 Å². The SMILES string of the molecule is CCOc1cc(C(=O)OC)ccc1OCc1cccc(Cl)c1. The zero-order valence-electron chi connectivity index (χ0n) is 12.5. The predicted octanol–water partition coefficient (Wildman–Crippen LogP) is 4.10. The average Bonchev–Trinajstić information content (AvgIpc) is 2.53. The van der Waals surface area contributed by atoms with Gasteiger partial charge in [-0.2, -0.15) is 0 Å². The van der Waals surface area contributed by atoms with Crippen LogP contribution < -0.4 is 9.47 Å². The molecule has 0 spiro atoms. The maximum atomic E-state index is 11.6. The Balaban J connectivity index is 2.17. The van der Waals surface area contributed by atoms with Gasteiger partial charge in [-0.1, -0.05) is 23.7 Å². The van der Waals surface area contributed by atoms with Crippen LogP contribution in [0.15, 0.2) is 42.5 Å². The summed E-state index contributed by atoms with van der Waals surface area (Å²) in [6.07, 6.45) is 0. The van der Waals surface area contributed by atoms with Gasteiger partial charge in [0.05, 0.1) is 19.3 Å². The van der Waals surface area contributed by atoms with Gasteiger partial charge in [0, 0.05) is 5.02 Å². The summed E-state index contributed by atoms with van der Waals surface area (Å²) in [4.78, 5) is 11.6. The van der Waals surface area contributed by atoms with Crippen LogP contribution in [0.5, 0.6) is 11.5 Å². The van der Waals surface area contributed by atoms with E-state index >= 15 is 0 Å². The van der Waals surface area contributed by atoms with Gasteiger partial charge < -0.3 is 14.2 Å². The van der Waals surface area contributed by atoms with E-state index in [9.17, 15) is 4.79 Å². The number of esters is 1. The molecule has 0 N–H and O–H groups in total. The van der Waals surface area contributed by atoms with Crippen molar-refractivity contribution in [1.82, 2.24) is 0 Å². The molecule has 2 rings (SSSR count). The molecule has 0 radical (unpaired) electrons. The zero-order valence-corrected chi connectivity index (χ0v) is 13.2. The minimum atomic E-state index is -0.414. The van der Waals surface area contributed by atoms with Crippen LogP contribution in [0.2, 0.25) is 5.02 Å². The van der Waals surface area contributed by atoms with Crippen molar-refractivity contribution >= 4 is 17.6 Å². The first-order valence-corrected chi connectivity index (χ1v) is 7.24. The molecule has 0 saturated carbocycles. The summed E-state index contributed by atoms with van der Waals surface area (Å²) < 4.78 is 16.0. The molecule has 0 aliphatic rings. The van der Waals surface area contributed by atoms with Crippen molar-refractivity contribution in [3.05, 3.63) is 58.6 Å². The Morgan fingerprint density at radius 1 is 1.09 bits per heavy atom. The number of methoxy groups -OCH3 is 1. The first kappa shape index (κ1) is 16.2. The molecule has 2 aromatic carbocycles. The Morgan fingerprint density at radius 2 is 1.91 bits per heavy atom. The van der Waals surface area contributed by atoms with Crippen LogP contribution >= 0.6 is 11.6 Å². The highest BCUT2D eigenvalue weighted by atomic mass is 35.5. The van der Waals surface area contributed by atoms with E-state index < -0.39 is 5.97 Å². The lowest BCUT2D eigenvalue weighted by molar-refractivity contribution is 0.0600. The fraction of sp³-hybridized carbons (Fsp3) is 0.235. The molecule has 2 aromatic rings. The molecule has 0 bridgehead atoms. The van der Waals surface area contributed by atoms with Crippen molar-refractivity contribution in [1.29, 1.82) is 0 Å². The minimum absolute atomic E-state index is 0.359. The van der Waals surface area contributed by atoms with Crippen LogP contribution in [0.1, 0.15) is 22.8 Å². The van der Waals surface area contributed by atoms with Gasteiger partial charge in [-0.15, -0.1) is 0 Å². The first-order chi connectivity index (χ1) is 10.6. The summed E-state index contributed by atoms with van der Waals surface area (Å²) in [6, 6.07) is 12.4. The van der Waals surface area contributed by atoms with E-state index in [2.05, 4.69) is 0 Å². The molecular formula is C17H17ClO4. The molecule has 0 amide bonds. The second-order valence-electron chi connectivity index (χ2n) is 4.50. The first-order valence-electron chi connectivity index (χ1n) is 6.86. The van der Waals surface area contributed by atoms with Gasteiger partial charge in [-0.25, -0.2) is 4.79 Å². The Labute approximate surface area is 134 Å². The maximum Gasteiger partial charge on any atom is 0.337 e. The second-order valence-corrected chi connectivity index (χ2v) is 4.94. The molecule has 0 heterocycles. The maximum absolute atomic E-state index is 11.6. The van der Waals surface area contributed by atoms with E-state index in [4.69, 9.17) is 25.8 Å². The van der Waals surface area contributed by atoms with Gasteiger partial charge in [0.15, 0.2) is 11.5 Å². The monoisotopic (exact) mass is 320 g/mol. The highest BCUT2D eigenvalue weighted by Gasteiger charge is 2.12. The second kappa shape index (κ2) is 7.71. The zero-order chi connectivity index (χ0) is 15.9. The van der Waals surface area contributed by atoms with Gasteiger partial charge >= 0.3 is 5.97 Å². The van der Waals surface area contributed by atoms with Gasteiger partial charge in [-0.3, -0.25) is 0 Å². The number of hydrogen-bond acceptors (Lipinski definition) is 4. The molecule has 0 aliphatic carbocycles. The number of ether oxygens (including phenoxy) is 3. The van der Waals surface area contributed by atoms with Crippen LogP contribution in [0.25, 0.3) is 0 Å². The summed E-state index contributed by atoms with van der Waals surface area (Å²) in [7, 11) is 1.34. The van der Waals surface area contributed by atoms with Gasteiger partial charge in [-0.05, 0) is 42.8 Å². The summed E-state index contributed by atoms with van der Waals surface area (Å²) in [5.74, 6) is 0.657. The smallest absolute Gasteiger partial charge is 0.337 e. The van der Waals surface area contributed by atoms with Crippen molar-refractivity contribution in [2.24, 2.45) is 0 Å². The molecule has 0 atom stereocenters. The molecule has 22 heavy (non-hydrogen) atoms. The third-order valence-electron chi connectivity index (χ3n) is 2.95. The number of hydrogen-bond donors (Lipinski definition) is 0. The standard InChI is InChI=1S/C17H17ClO4/c1-3-21-16-10-13(17(19)20-2)7-8-15(16)22-11-12-5-4-6-14(18)9-12/h4-10H,3,11H2,1-2H3. The number of rotatable bonds is 6. The van der Waals surface area contributed by atoms with Crippen LogP contribution in [0, 0.1) is 0 Å². The number of carbonyl (C=O) groups excluding carboxylic acids is 1. The number of benzene rings is 2. The Bertz CT molecular complexity index is 655. The van der Waals surface area contributed by atoms with E-state index in [0.29, 0.717) is 35.3 Å². The summed E-state index contributed by atoms with van der Waals surface area (Å²) >= 11 is 5.95. The van der Waals surface area contributed by atoms with E-state index in [0.717, 1.165) is 5.56 Å².